The van der Waals surface area contributed by atoms with E-state index < -0.39 is 0 Å². The minimum Gasteiger partial charge on any atom is -0.382 e. The third-order valence-corrected chi connectivity index (χ3v) is 5.62. The fraction of sp³-hybridized carbons (Fsp3) is 1.00. The van der Waals surface area contributed by atoms with Crippen molar-refractivity contribution in [3.63, 3.8) is 0 Å². The van der Waals surface area contributed by atoms with Gasteiger partial charge in [0, 0.05) is 7.11 Å². The second-order valence-electron chi connectivity index (χ2n) is 6.84. The summed E-state index contributed by atoms with van der Waals surface area (Å²) in [5, 5.41) is 0. The van der Waals surface area contributed by atoms with Crippen molar-refractivity contribution in [1.29, 1.82) is 0 Å². The van der Waals surface area contributed by atoms with Crippen LogP contribution in [0.25, 0.3) is 0 Å². The first-order chi connectivity index (χ1) is 8.18. The summed E-state index contributed by atoms with van der Waals surface area (Å²) >= 11 is 0. The van der Waals surface area contributed by atoms with Gasteiger partial charge in [0.05, 0.1) is 18.3 Å². The Morgan fingerprint density at radius 2 is 1.94 bits per heavy atom. The molecular weight excluding hydrogens is 212 g/mol. The van der Waals surface area contributed by atoms with Crippen LogP contribution in [0.3, 0.4) is 0 Å². The molecule has 17 heavy (non-hydrogen) atoms. The van der Waals surface area contributed by atoms with Gasteiger partial charge in [0.25, 0.3) is 0 Å². The van der Waals surface area contributed by atoms with E-state index >= 15 is 0 Å². The molecule has 2 heteroatoms. The van der Waals surface area contributed by atoms with Crippen LogP contribution in [0.1, 0.15) is 58.3 Å². The molecule has 2 aliphatic heterocycles. The number of fused-ring (bicyclic) bond motifs is 2. The van der Waals surface area contributed by atoms with Crippen molar-refractivity contribution >= 4 is 0 Å². The molecule has 0 N–H and O–H groups in total. The van der Waals surface area contributed by atoms with Crippen molar-refractivity contribution in [3.8, 4) is 0 Å². The van der Waals surface area contributed by atoms with E-state index in [9.17, 15) is 0 Å². The van der Waals surface area contributed by atoms with Gasteiger partial charge in [-0.3, -0.25) is 0 Å². The lowest BCUT2D eigenvalue weighted by molar-refractivity contribution is -0.0437. The van der Waals surface area contributed by atoms with Gasteiger partial charge in [0.1, 0.15) is 0 Å². The summed E-state index contributed by atoms with van der Waals surface area (Å²) in [5.41, 5.74) is 0.642. The molecule has 1 aliphatic carbocycles. The van der Waals surface area contributed by atoms with Gasteiger partial charge < -0.3 is 9.47 Å². The van der Waals surface area contributed by atoms with E-state index in [0.29, 0.717) is 11.5 Å². The zero-order chi connectivity index (χ0) is 11.9. The molecule has 2 heterocycles. The second-order valence-corrected chi connectivity index (χ2v) is 6.84. The van der Waals surface area contributed by atoms with Crippen molar-refractivity contribution < 1.29 is 9.47 Å². The van der Waals surface area contributed by atoms with Crippen LogP contribution in [0.15, 0.2) is 0 Å². The SMILES string of the molecule is COCC12CCC(O1)C(C1(C)CCCCC1)C2. The Kier molecular flexibility index (Phi) is 2.99. The van der Waals surface area contributed by atoms with Crippen molar-refractivity contribution in [2.24, 2.45) is 11.3 Å². The van der Waals surface area contributed by atoms with E-state index in [1.165, 1.54) is 51.4 Å². The van der Waals surface area contributed by atoms with Crippen LogP contribution in [0, 0.1) is 11.3 Å². The van der Waals surface area contributed by atoms with E-state index in [0.717, 1.165) is 12.5 Å². The van der Waals surface area contributed by atoms with Crippen molar-refractivity contribution in [3.05, 3.63) is 0 Å². The molecule has 3 rings (SSSR count). The number of ether oxygens (including phenoxy) is 2. The Bertz CT molecular complexity index is 283. The van der Waals surface area contributed by atoms with Gasteiger partial charge in [-0.1, -0.05) is 26.2 Å². The highest BCUT2D eigenvalue weighted by Crippen LogP contribution is 2.57. The number of hydrogen-bond donors (Lipinski definition) is 0. The lowest BCUT2D eigenvalue weighted by Gasteiger charge is -2.42. The largest absolute Gasteiger partial charge is 0.382 e. The molecule has 0 aromatic heterocycles. The minimum atomic E-state index is 0.0878. The lowest BCUT2D eigenvalue weighted by atomic mass is 9.61. The maximum Gasteiger partial charge on any atom is 0.0923 e. The molecule has 0 radical (unpaired) electrons. The van der Waals surface area contributed by atoms with Crippen LogP contribution in [-0.2, 0) is 9.47 Å². The quantitative estimate of drug-likeness (QED) is 0.748. The van der Waals surface area contributed by atoms with Gasteiger partial charge in [-0.2, -0.15) is 0 Å². The Labute approximate surface area is 105 Å². The van der Waals surface area contributed by atoms with Crippen molar-refractivity contribution in [2.75, 3.05) is 13.7 Å². The highest BCUT2D eigenvalue weighted by Gasteiger charge is 2.56. The number of hydrogen-bond acceptors (Lipinski definition) is 2. The summed E-state index contributed by atoms with van der Waals surface area (Å²) in [6.07, 6.45) is 11.4. The van der Waals surface area contributed by atoms with E-state index in [1.807, 2.05) is 0 Å². The highest BCUT2D eigenvalue weighted by atomic mass is 16.6. The third kappa shape index (κ3) is 1.94. The van der Waals surface area contributed by atoms with Gasteiger partial charge in [-0.25, -0.2) is 0 Å². The predicted octanol–water partition coefficient (Wildman–Crippen LogP) is 3.54. The monoisotopic (exact) mass is 238 g/mol. The zero-order valence-electron chi connectivity index (χ0n) is 11.3. The fourth-order valence-electron chi connectivity index (χ4n) is 4.66. The molecular formula is C15H26O2. The average Bonchev–Trinajstić information content (AvgIpc) is 2.88. The Morgan fingerprint density at radius 3 is 2.65 bits per heavy atom. The first-order valence-corrected chi connectivity index (χ1v) is 7.34. The van der Waals surface area contributed by atoms with E-state index in [-0.39, 0.29) is 5.60 Å². The maximum absolute atomic E-state index is 6.31. The summed E-state index contributed by atoms with van der Waals surface area (Å²) in [6.45, 7) is 3.32. The molecule has 0 aromatic rings. The Balaban J connectivity index is 1.73. The van der Waals surface area contributed by atoms with Crippen LogP contribution in [0.2, 0.25) is 0 Å². The maximum atomic E-state index is 6.31. The molecule has 3 unspecified atom stereocenters. The van der Waals surface area contributed by atoms with Gasteiger partial charge in [0.2, 0.25) is 0 Å². The fourth-order valence-corrected chi connectivity index (χ4v) is 4.66. The smallest absolute Gasteiger partial charge is 0.0923 e. The van der Waals surface area contributed by atoms with E-state index in [2.05, 4.69) is 6.92 Å². The topological polar surface area (TPSA) is 18.5 Å². The van der Waals surface area contributed by atoms with Crippen molar-refractivity contribution in [2.45, 2.75) is 70.0 Å². The summed E-state index contributed by atoms with van der Waals surface area (Å²) < 4.78 is 11.7. The van der Waals surface area contributed by atoms with Crippen LogP contribution < -0.4 is 0 Å². The molecule has 0 amide bonds. The summed E-state index contributed by atoms with van der Waals surface area (Å²) in [6, 6.07) is 0. The molecule has 0 spiro atoms. The highest BCUT2D eigenvalue weighted by molar-refractivity contribution is 5.05. The molecule has 2 bridgehead atoms. The van der Waals surface area contributed by atoms with Crippen LogP contribution >= 0.6 is 0 Å². The third-order valence-electron chi connectivity index (χ3n) is 5.62. The van der Waals surface area contributed by atoms with Crippen molar-refractivity contribution in [1.82, 2.24) is 0 Å². The summed E-state index contributed by atoms with van der Waals surface area (Å²) in [5.74, 6) is 0.798. The average molecular weight is 238 g/mol. The zero-order valence-corrected chi connectivity index (χ0v) is 11.3. The Morgan fingerprint density at radius 1 is 1.18 bits per heavy atom. The molecule has 0 aromatic carbocycles. The molecule has 1 saturated carbocycles. The first kappa shape index (κ1) is 12.0. The standard InChI is InChI=1S/C15H26O2/c1-14(7-4-3-5-8-14)12-10-15(11-16-2)9-6-13(12)17-15/h12-13H,3-11H2,1-2H3. The number of methoxy groups -OCH3 is 1. The van der Waals surface area contributed by atoms with Crippen LogP contribution in [-0.4, -0.2) is 25.4 Å². The molecule has 3 atom stereocenters. The molecule has 2 nitrogen and oxygen atoms in total. The molecule has 3 fully saturated rings. The number of rotatable bonds is 3. The van der Waals surface area contributed by atoms with Gasteiger partial charge >= 0.3 is 0 Å². The van der Waals surface area contributed by atoms with Crippen LogP contribution in [0.5, 0.6) is 0 Å². The first-order valence-electron chi connectivity index (χ1n) is 7.34. The summed E-state index contributed by atoms with van der Waals surface area (Å²) in [7, 11) is 1.81. The Hall–Kier alpha value is -0.0800. The predicted molar refractivity (Wildman–Crippen MR) is 68.0 cm³/mol. The van der Waals surface area contributed by atoms with Gasteiger partial charge in [-0.05, 0) is 43.4 Å². The van der Waals surface area contributed by atoms with Gasteiger partial charge in [0.15, 0.2) is 0 Å². The second kappa shape index (κ2) is 4.24. The van der Waals surface area contributed by atoms with E-state index in [1.54, 1.807) is 7.11 Å². The normalized spacial score (nSPS) is 44.1. The molecule has 98 valence electrons. The lowest BCUT2D eigenvalue weighted by Crippen LogP contribution is -2.38. The van der Waals surface area contributed by atoms with Crippen LogP contribution in [0.4, 0.5) is 0 Å². The van der Waals surface area contributed by atoms with E-state index in [4.69, 9.17) is 9.47 Å². The molecule has 3 aliphatic rings. The van der Waals surface area contributed by atoms with Gasteiger partial charge in [-0.15, -0.1) is 0 Å². The summed E-state index contributed by atoms with van der Waals surface area (Å²) in [4.78, 5) is 0. The minimum absolute atomic E-state index is 0.0878. The molecule has 2 saturated heterocycles.